The first kappa shape index (κ1) is 59.1. The number of benzene rings is 5. The van der Waals surface area contributed by atoms with E-state index >= 15 is 0 Å². The van der Waals surface area contributed by atoms with E-state index in [-0.39, 0.29) is 56.4 Å². The number of anilines is 3. The second-order valence-electron chi connectivity index (χ2n) is 16.6. The highest BCUT2D eigenvalue weighted by Gasteiger charge is 2.34. The van der Waals surface area contributed by atoms with Gasteiger partial charge in [0.25, 0.3) is 60.7 Å². The van der Waals surface area contributed by atoms with Crippen molar-refractivity contribution in [2.24, 2.45) is 30.7 Å². The summed E-state index contributed by atoms with van der Waals surface area (Å²) in [6.45, 7) is 0. The molecule has 424 valence electrons. The lowest BCUT2D eigenvalue weighted by atomic mass is 9.90. The van der Waals surface area contributed by atoms with Crippen molar-refractivity contribution in [2.75, 3.05) is 16.2 Å². The molecule has 0 spiro atoms. The van der Waals surface area contributed by atoms with Gasteiger partial charge in [-0.2, -0.15) is 81.2 Å². The lowest BCUT2D eigenvalue weighted by Crippen LogP contribution is -2.30. The molecule has 0 aromatic heterocycles. The first-order valence-electron chi connectivity index (χ1n) is 21.9. The Labute approximate surface area is 462 Å². The topological polar surface area (TPSA) is 500 Å². The smallest absolute Gasteiger partial charge is 0.308 e. The number of hydrogen-bond acceptors (Lipinski definition) is 23. The summed E-state index contributed by atoms with van der Waals surface area (Å²) in [5.41, 5.74) is 0.197. The number of azo groups is 2. The third-order valence-corrected chi connectivity index (χ3v) is 16.3. The largest absolute Gasteiger partial charge is 0.323 e. The number of rotatable bonds is 16. The number of ketones is 2. The third-order valence-electron chi connectivity index (χ3n) is 11.0. The molecule has 37 heteroatoms. The minimum absolute atomic E-state index is 0.0520. The predicted molar refractivity (Wildman–Crippen MR) is 287 cm³/mol. The summed E-state index contributed by atoms with van der Waals surface area (Å²) in [4.78, 5) is 35.7. The highest BCUT2D eigenvalue weighted by Crippen LogP contribution is 2.34. The number of hydrogen-bond donors (Lipinski definition) is 10. The molecule has 2 amide bonds. The van der Waals surface area contributed by atoms with Gasteiger partial charge in [0.15, 0.2) is 11.5 Å². The van der Waals surface area contributed by atoms with Gasteiger partial charge in [0.1, 0.15) is 25.3 Å². The van der Waals surface area contributed by atoms with Crippen LogP contribution in [0.25, 0.3) is 6.08 Å². The molecule has 0 saturated carbocycles. The van der Waals surface area contributed by atoms with Crippen LogP contribution in [-0.2, 0) is 65.5 Å². The summed E-state index contributed by atoms with van der Waals surface area (Å²) in [5.74, 6) is -2.03. The Balaban J connectivity index is 0.975. The Morgan fingerprint density at radius 2 is 0.915 bits per heavy atom. The molecular weight excluding hydrogens is 1210 g/mol. The summed E-state index contributed by atoms with van der Waals surface area (Å²) in [6.07, 6.45) is 4.46. The maximum atomic E-state index is 13.7. The van der Waals surface area contributed by atoms with Crippen LogP contribution < -0.4 is 21.5 Å². The number of amides is 2. The van der Waals surface area contributed by atoms with Crippen LogP contribution in [0, 0.1) is 0 Å². The Morgan fingerprint density at radius 3 is 1.39 bits per heavy atom. The molecule has 0 fully saturated rings. The number of nitrogens with zero attached hydrogens (tertiary/aromatic N) is 6. The molecule has 5 aromatic carbocycles. The van der Waals surface area contributed by atoms with Crippen molar-refractivity contribution < 1.29 is 92.2 Å². The van der Waals surface area contributed by atoms with E-state index in [2.05, 4.69) is 52.1 Å². The molecule has 0 bridgehead atoms. The van der Waals surface area contributed by atoms with Crippen LogP contribution in [0.3, 0.4) is 0 Å². The zero-order chi connectivity index (χ0) is 59.9. The lowest BCUT2D eigenvalue weighted by molar-refractivity contribution is -0.111. The Kier molecular flexibility index (Phi) is 16.0. The summed E-state index contributed by atoms with van der Waals surface area (Å²) in [7, 11) is -29.8. The number of allylic oxidation sites excluding steroid dienone is 8. The summed E-state index contributed by atoms with van der Waals surface area (Å²) < 4.78 is 204. The fourth-order valence-corrected chi connectivity index (χ4v) is 10.9. The molecule has 0 radical (unpaired) electrons. The highest BCUT2D eigenvalue weighted by atomic mass is 32.2. The van der Waals surface area contributed by atoms with Gasteiger partial charge < -0.3 is 10.6 Å². The third kappa shape index (κ3) is 13.9. The van der Waals surface area contributed by atoms with Crippen LogP contribution in [-0.4, -0.2) is 107 Å². The SMILES string of the molecule is O=C(NC1=CC(=O)C2=C/C(=N/Nc3ccc(N=Nc4ccc(S(=O)(=O)O)cc4)cc3S(=O)(=O)O)C(S(=O)(=O)O)=CC2=C1)Nc1ccc2c(c1)C=C(S(=O)(=O)O)/C(=N/Nc1ccc(N=Nc3ccc(S(=O)(=O)O)cc3)cc1S(=O)(=O)O)C2=O. The molecule has 8 rings (SSSR count). The van der Waals surface area contributed by atoms with E-state index in [9.17, 15) is 83.1 Å². The zero-order valence-electron chi connectivity index (χ0n) is 40.1. The van der Waals surface area contributed by atoms with Crippen LogP contribution in [0.4, 0.5) is 44.6 Å². The van der Waals surface area contributed by atoms with E-state index in [1.54, 1.807) is 0 Å². The van der Waals surface area contributed by atoms with Crippen molar-refractivity contribution >= 4 is 136 Å². The first-order chi connectivity index (χ1) is 38.1. The van der Waals surface area contributed by atoms with E-state index in [1.807, 2.05) is 0 Å². The molecule has 0 heterocycles. The molecule has 10 N–H and O–H groups in total. The maximum absolute atomic E-state index is 13.7. The summed E-state index contributed by atoms with van der Waals surface area (Å²) in [5, 5.41) is 27.6. The first-order valence-corrected chi connectivity index (χ1v) is 30.5. The standard InChI is InChI=1S/C45H32N10O21S6/c56-38-19-30(16-24-17-39(79(65,66)67)37(22-34(24)38)54-52-35-13-6-28(20-40(35)80(68,69)70)50-48-25-1-8-31(9-2-25)77(59,60)61)47-45(58)46-27-5-12-33-23(15-27)18-42(82(74,75)76)43(44(33)57)55-53-36-14-7-29(21-41(36)81(71,72)73)51-49-26-3-10-32(11-4-26)78(62,63)64/h1-22,52-53H,(H2,46,47,58)(H,59,60,61)(H,62,63,64)(H,65,66,67)(H,68,69,70)(H,71,72,73)(H,74,75,76)/b50-48?,51-49?,54-37-,55-43-. The number of nitrogens with one attached hydrogen (secondary N) is 4. The molecule has 82 heavy (non-hydrogen) atoms. The van der Waals surface area contributed by atoms with Gasteiger partial charge >= 0.3 is 6.03 Å². The van der Waals surface area contributed by atoms with Gasteiger partial charge in [0.2, 0.25) is 5.78 Å². The number of fused-ring (bicyclic) bond motifs is 2. The van der Waals surface area contributed by atoms with Crippen LogP contribution in [0.1, 0.15) is 15.9 Å². The quantitative estimate of drug-likeness (QED) is 0.0303. The molecular formula is C45H32N10O21S6. The average molecular weight is 1240 g/mol. The van der Waals surface area contributed by atoms with Crippen molar-refractivity contribution in [2.45, 2.75) is 19.6 Å². The van der Waals surface area contributed by atoms with Gasteiger partial charge in [-0.25, -0.2) is 4.79 Å². The van der Waals surface area contributed by atoms with E-state index < -0.39 is 130 Å². The van der Waals surface area contributed by atoms with Crippen LogP contribution in [0.15, 0.2) is 204 Å². The summed E-state index contributed by atoms with van der Waals surface area (Å²) in [6, 6.07) is 16.9. The number of Topliss-reactive ketones (excluding diaryl/α,β-unsaturated/α-hetero) is 1. The fraction of sp³-hybridized carbons (Fsp3) is 0. The van der Waals surface area contributed by atoms with Crippen molar-refractivity contribution in [1.82, 2.24) is 5.32 Å². The molecule has 5 aromatic rings. The van der Waals surface area contributed by atoms with E-state index in [1.165, 1.54) is 18.2 Å². The monoisotopic (exact) mass is 1240 g/mol. The molecule has 3 aliphatic carbocycles. The molecule has 31 nitrogen and oxygen atoms in total. The molecule has 3 aliphatic rings. The zero-order valence-corrected chi connectivity index (χ0v) is 45.0. The number of hydrazone groups is 2. The van der Waals surface area contributed by atoms with Crippen LogP contribution in [0.2, 0.25) is 0 Å². The lowest BCUT2D eigenvalue weighted by Gasteiger charge is -2.20. The molecule has 0 saturated heterocycles. The Morgan fingerprint density at radius 1 is 0.439 bits per heavy atom. The van der Waals surface area contributed by atoms with Crippen LogP contribution in [0.5, 0.6) is 0 Å². The van der Waals surface area contributed by atoms with Gasteiger partial charge in [-0.1, -0.05) is 0 Å². The minimum atomic E-state index is -5.31. The van der Waals surface area contributed by atoms with E-state index in [0.29, 0.717) is 0 Å². The van der Waals surface area contributed by atoms with E-state index in [0.717, 1.165) is 115 Å². The second-order valence-corrected chi connectivity index (χ2v) is 25.0. The minimum Gasteiger partial charge on any atom is -0.308 e. The van der Waals surface area contributed by atoms with Crippen molar-refractivity contribution in [3.05, 3.63) is 165 Å². The van der Waals surface area contributed by atoms with Gasteiger partial charge in [0, 0.05) is 28.6 Å². The molecule has 0 atom stereocenters. The van der Waals surface area contributed by atoms with Gasteiger partial charge in [-0.05, 0) is 139 Å². The molecule has 0 aliphatic heterocycles. The highest BCUT2D eigenvalue weighted by molar-refractivity contribution is 7.91. The Hall–Kier alpha value is -8.99. The van der Waals surface area contributed by atoms with E-state index in [4.69, 9.17) is 9.11 Å². The van der Waals surface area contributed by atoms with Crippen LogP contribution >= 0.6 is 0 Å². The number of carbonyl (C=O) groups is 3. The second kappa shape index (κ2) is 22.2. The van der Waals surface area contributed by atoms with Gasteiger partial charge in [0.05, 0.1) is 43.9 Å². The average Bonchev–Trinajstić information content (AvgIpc) is 2.51. The van der Waals surface area contributed by atoms with Gasteiger partial charge in [-0.3, -0.25) is 47.8 Å². The fourth-order valence-electron chi connectivity index (χ4n) is 7.32. The predicted octanol–water partition coefficient (Wildman–Crippen LogP) is 6.09. The number of urea groups is 1. The maximum Gasteiger partial charge on any atom is 0.323 e. The molecule has 0 unspecified atom stereocenters. The number of carbonyl (C=O) groups excluding carboxylic acids is 3. The Bertz CT molecular complexity index is 4650. The summed E-state index contributed by atoms with van der Waals surface area (Å²) >= 11 is 0. The van der Waals surface area contributed by atoms with Crippen molar-refractivity contribution in [3.63, 3.8) is 0 Å². The van der Waals surface area contributed by atoms with Gasteiger partial charge in [-0.15, -0.1) is 0 Å². The van der Waals surface area contributed by atoms with Crippen molar-refractivity contribution in [3.8, 4) is 0 Å². The normalized spacial score (nSPS) is 16.2. The van der Waals surface area contributed by atoms with Crippen molar-refractivity contribution in [1.29, 1.82) is 0 Å².